The molecule has 0 spiro atoms. The minimum Gasteiger partial charge on any atom is -0.384 e. The van der Waals surface area contributed by atoms with Gasteiger partial charge in [0, 0.05) is 91.8 Å². The Morgan fingerprint density at radius 2 is 1.67 bits per heavy atom. The van der Waals surface area contributed by atoms with Gasteiger partial charge in [-0.1, -0.05) is 0 Å². The number of hydrogen-bond donors (Lipinski definition) is 1. The van der Waals surface area contributed by atoms with Crippen LogP contribution in [0.15, 0.2) is 60.2 Å². The van der Waals surface area contributed by atoms with Gasteiger partial charge in [-0.3, -0.25) is 23.9 Å². The minimum atomic E-state index is -0.0715. The lowest BCUT2D eigenvalue weighted by molar-refractivity contribution is 0.00853. The lowest BCUT2D eigenvalue weighted by atomic mass is 10.0. The van der Waals surface area contributed by atoms with Gasteiger partial charge in [0.2, 0.25) is 0 Å². The molecule has 2 aromatic carbocycles. The third-order valence-corrected chi connectivity index (χ3v) is 8.86. The van der Waals surface area contributed by atoms with E-state index in [4.69, 9.17) is 0 Å². The van der Waals surface area contributed by atoms with Gasteiger partial charge in [-0.15, -0.1) is 11.3 Å². The molecule has 39 heavy (non-hydrogen) atoms. The molecule has 5 heterocycles. The van der Waals surface area contributed by atoms with Crippen LogP contribution in [0.2, 0.25) is 0 Å². The van der Waals surface area contributed by atoms with Gasteiger partial charge in [0.25, 0.3) is 17.7 Å². The van der Waals surface area contributed by atoms with E-state index in [9.17, 15) is 14.4 Å². The summed E-state index contributed by atoms with van der Waals surface area (Å²) in [4.78, 5) is 49.2. The fourth-order valence-corrected chi connectivity index (χ4v) is 6.42. The fraction of sp³-hybridized carbons (Fsp3) is 0.310. The Labute approximate surface area is 229 Å². The molecule has 4 aromatic rings. The van der Waals surface area contributed by atoms with Crippen molar-refractivity contribution < 1.29 is 14.4 Å². The zero-order valence-corrected chi connectivity index (χ0v) is 22.2. The smallest absolute Gasteiger partial charge is 0.282 e. The van der Waals surface area contributed by atoms with Gasteiger partial charge in [-0.25, -0.2) is 4.98 Å². The van der Waals surface area contributed by atoms with E-state index >= 15 is 0 Å². The number of thiazole rings is 1. The topological polar surface area (TPSA) is 90.8 Å². The molecule has 7 rings (SSSR count). The summed E-state index contributed by atoms with van der Waals surface area (Å²) >= 11 is 1.37. The normalized spacial score (nSPS) is 17.6. The van der Waals surface area contributed by atoms with Gasteiger partial charge in [0.15, 0.2) is 5.01 Å². The molecular weight excluding hydrogens is 512 g/mol. The maximum atomic E-state index is 13.2. The van der Waals surface area contributed by atoms with Crippen LogP contribution in [-0.2, 0) is 6.42 Å². The number of anilines is 1. The number of nitrogens with one attached hydrogen (secondary N) is 1. The largest absolute Gasteiger partial charge is 0.384 e. The van der Waals surface area contributed by atoms with Gasteiger partial charge >= 0.3 is 0 Å². The van der Waals surface area contributed by atoms with Crippen LogP contribution in [0.4, 0.5) is 5.69 Å². The van der Waals surface area contributed by atoms with Crippen molar-refractivity contribution in [3.05, 3.63) is 81.9 Å². The molecule has 2 aromatic heterocycles. The molecule has 2 saturated heterocycles. The molecule has 3 aliphatic rings. The SMILES string of the molecule is O=C(c1ccc2c(ccn2C(=O)c2ccc3c(c2)CCN3)c1)N1CC(N2CCN(C(=O)c3nccs3)CC2)C1. The number of piperazine rings is 1. The van der Waals surface area contributed by atoms with Crippen molar-refractivity contribution in [1.29, 1.82) is 0 Å². The molecule has 9 nitrogen and oxygen atoms in total. The number of amides is 2. The first-order chi connectivity index (χ1) is 19.0. The molecule has 0 saturated carbocycles. The Balaban J connectivity index is 0.974. The molecule has 3 aliphatic heterocycles. The third-order valence-electron chi connectivity index (χ3n) is 8.10. The van der Waals surface area contributed by atoms with Gasteiger partial charge in [-0.05, 0) is 54.4 Å². The van der Waals surface area contributed by atoms with Gasteiger partial charge in [0.05, 0.1) is 5.52 Å². The van der Waals surface area contributed by atoms with E-state index in [1.165, 1.54) is 16.9 Å². The Morgan fingerprint density at radius 1 is 0.872 bits per heavy atom. The predicted molar refractivity (Wildman–Crippen MR) is 150 cm³/mol. The highest BCUT2D eigenvalue weighted by atomic mass is 32.1. The summed E-state index contributed by atoms with van der Waals surface area (Å²) in [6.45, 7) is 5.23. The fourth-order valence-electron chi connectivity index (χ4n) is 5.82. The number of rotatable bonds is 4. The van der Waals surface area contributed by atoms with Crippen LogP contribution < -0.4 is 5.32 Å². The molecule has 2 fully saturated rings. The van der Waals surface area contributed by atoms with Crippen molar-refractivity contribution in [1.82, 2.24) is 24.3 Å². The van der Waals surface area contributed by atoms with Crippen molar-refractivity contribution in [3.63, 3.8) is 0 Å². The first-order valence-corrected chi connectivity index (χ1v) is 14.2. The second kappa shape index (κ2) is 9.62. The number of nitrogens with zero attached hydrogens (tertiary/aromatic N) is 5. The maximum Gasteiger partial charge on any atom is 0.282 e. The number of likely N-dealkylation sites (tertiary alicyclic amines) is 1. The highest BCUT2D eigenvalue weighted by Gasteiger charge is 2.37. The molecule has 0 aliphatic carbocycles. The summed E-state index contributed by atoms with van der Waals surface area (Å²) in [7, 11) is 0. The Kier molecular flexibility index (Phi) is 5.93. The molecular formula is C29H28N6O3S. The van der Waals surface area contributed by atoms with Crippen molar-refractivity contribution in [3.8, 4) is 0 Å². The molecule has 2 amide bonds. The second-order valence-corrected chi connectivity index (χ2v) is 11.2. The van der Waals surface area contributed by atoms with Gasteiger partial charge in [0.1, 0.15) is 0 Å². The number of carbonyl (C=O) groups excluding carboxylic acids is 3. The molecule has 0 atom stereocenters. The molecule has 198 valence electrons. The maximum absolute atomic E-state index is 13.2. The number of fused-ring (bicyclic) bond motifs is 2. The lowest BCUT2D eigenvalue weighted by Crippen LogP contribution is -2.64. The van der Waals surface area contributed by atoms with Crippen LogP contribution >= 0.6 is 11.3 Å². The quantitative estimate of drug-likeness (QED) is 0.428. The number of benzene rings is 2. The number of aromatic nitrogens is 2. The summed E-state index contributed by atoms with van der Waals surface area (Å²) in [6.07, 6.45) is 4.37. The number of hydrogen-bond acceptors (Lipinski definition) is 7. The van der Waals surface area contributed by atoms with Crippen LogP contribution in [0, 0.1) is 0 Å². The molecule has 0 unspecified atom stereocenters. The van der Waals surface area contributed by atoms with E-state index in [1.807, 2.05) is 57.6 Å². The van der Waals surface area contributed by atoms with Crippen molar-refractivity contribution in [2.24, 2.45) is 0 Å². The summed E-state index contributed by atoms with van der Waals surface area (Å²) in [6, 6.07) is 13.6. The van der Waals surface area contributed by atoms with E-state index < -0.39 is 0 Å². The monoisotopic (exact) mass is 540 g/mol. The van der Waals surface area contributed by atoms with E-state index in [0.717, 1.165) is 42.6 Å². The van der Waals surface area contributed by atoms with E-state index in [2.05, 4.69) is 15.2 Å². The Hall–Kier alpha value is -4.02. The van der Waals surface area contributed by atoms with Gasteiger partial charge in [-0.2, -0.15) is 0 Å². The Bertz CT molecular complexity index is 1580. The Morgan fingerprint density at radius 3 is 2.46 bits per heavy atom. The summed E-state index contributed by atoms with van der Waals surface area (Å²) in [5, 5.41) is 6.56. The molecule has 10 heteroatoms. The predicted octanol–water partition coefficient (Wildman–Crippen LogP) is 3.04. The van der Waals surface area contributed by atoms with Crippen molar-refractivity contribution in [2.45, 2.75) is 12.5 Å². The van der Waals surface area contributed by atoms with Crippen LogP contribution in [0.25, 0.3) is 10.9 Å². The van der Waals surface area contributed by atoms with E-state index in [-0.39, 0.29) is 17.7 Å². The summed E-state index contributed by atoms with van der Waals surface area (Å²) in [5.74, 6) is -0.0562. The second-order valence-electron chi connectivity index (χ2n) is 10.3. The first kappa shape index (κ1) is 24.1. The molecule has 0 radical (unpaired) electrons. The highest BCUT2D eigenvalue weighted by molar-refractivity contribution is 7.11. The van der Waals surface area contributed by atoms with Gasteiger partial charge < -0.3 is 15.1 Å². The zero-order chi connectivity index (χ0) is 26.5. The van der Waals surface area contributed by atoms with Crippen LogP contribution in [0.3, 0.4) is 0 Å². The van der Waals surface area contributed by atoms with Crippen LogP contribution in [0.5, 0.6) is 0 Å². The third kappa shape index (κ3) is 4.29. The first-order valence-electron chi connectivity index (χ1n) is 13.3. The van der Waals surface area contributed by atoms with E-state index in [0.29, 0.717) is 48.4 Å². The van der Waals surface area contributed by atoms with Crippen molar-refractivity contribution >= 4 is 45.6 Å². The molecule has 1 N–H and O–H groups in total. The highest BCUT2D eigenvalue weighted by Crippen LogP contribution is 2.26. The minimum absolute atomic E-state index is 0.00515. The molecule has 0 bridgehead atoms. The van der Waals surface area contributed by atoms with Crippen LogP contribution in [0.1, 0.15) is 36.1 Å². The summed E-state index contributed by atoms with van der Waals surface area (Å²) in [5.41, 5.74) is 4.36. The number of carbonyl (C=O) groups is 3. The lowest BCUT2D eigenvalue weighted by Gasteiger charge is -2.48. The van der Waals surface area contributed by atoms with E-state index in [1.54, 1.807) is 17.0 Å². The zero-order valence-electron chi connectivity index (χ0n) is 21.4. The standard InChI is InChI=1S/C29H28N6O3S/c36-27(34-17-23(18-34)32-10-12-33(13-11-32)29(38)26-31-8-14-39-26)21-2-4-25-20(16-21)6-9-35(25)28(37)22-1-3-24-19(15-22)5-7-30-24/h1-4,6,8-9,14-16,23,30H,5,7,10-13,17-18H2. The van der Waals surface area contributed by atoms with Crippen LogP contribution in [-0.4, -0.2) is 93.8 Å². The van der Waals surface area contributed by atoms with Crippen molar-refractivity contribution in [2.75, 3.05) is 51.1 Å². The average molecular weight is 541 g/mol. The average Bonchev–Trinajstić information content (AvgIpc) is 3.72. The summed E-state index contributed by atoms with van der Waals surface area (Å²) < 4.78 is 1.66.